The summed E-state index contributed by atoms with van der Waals surface area (Å²) >= 11 is 0. The lowest BCUT2D eigenvalue weighted by Gasteiger charge is -2.34. The van der Waals surface area contributed by atoms with Gasteiger partial charge in [-0.1, -0.05) is 12.1 Å². The van der Waals surface area contributed by atoms with E-state index < -0.39 is 0 Å². The summed E-state index contributed by atoms with van der Waals surface area (Å²) in [5, 5.41) is 14.4. The molecule has 3 N–H and O–H groups in total. The molecule has 1 aliphatic rings. The van der Waals surface area contributed by atoms with E-state index in [9.17, 15) is 0 Å². The lowest BCUT2D eigenvalue weighted by Crippen LogP contribution is -2.50. The Bertz CT molecular complexity index is 863. The second-order valence-electron chi connectivity index (χ2n) is 5.97. The van der Waals surface area contributed by atoms with Gasteiger partial charge in [0.2, 0.25) is 5.95 Å². The van der Waals surface area contributed by atoms with Crippen LogP contribution >= 0.6 is 0 Å². The number of para-hydroxylation sites is 1. The number of anilines is 3. The second kappa shape index (κ2) is 6.12. The normalized spacial score (nSPS) is 18.0. The van der Waals surface area contributed by atoms with Crippen LogP contribution in [-0.2, 0) is 0 Å². The van der Waals surface area contributed by atoms with Crippen molar-refractivity contribution in [2.45, 2.75) is 13.0 Å². The van der Waals surface area contributed by atoms with Gasteiger partial charge < -0.3 is 15.5 Å². The Kier molecular flexibility index (Phi) is 3.82. The first-order valence-electron chi connectivity index (χ1n) is 8.03. The number of rotatable bonds is 3. The zero-order chi connectivity index (χ0) is 16.5. The van der Waals surface area contributed by atoms with Crippen LogP contribution in [0.2, 0.25) is 0 Å². The molecule has 1 saturated heterocycles. The fourth-order valence-electron chi connectivity index (χ4n) is 2.95. The summed E-state index contributed by atoms with van der Waals surface area (Å²) < 4.78 is 0. The first kappa shape index (κ1) is 15.0. The average molecular weight is 319 g/mol. The van der Waals surface area contributed by atoms with Crippen LogP contribution in [0.5, 0.6) is 0 Å². The molecule has 8 heteroatoms. The van der Waals surface area contributed by atoms with E-state index in [1.807, 2.05) is 24.3 Å². The molecule has 0 aliphatic carbocycles. The summed E-state index contributed by atoms with van der Waals surface area (Å²) in [5.74, 6) is 2.09. The maximum atomic E-state index is 5.70. The quantitative estimate of drug-likeness (QED) is 0.616. The number of nitrogens with one attached hydrogen (secondary N) is 3. The van der Waals surface area contributed by atoms with Crippen LogP contribution in [0.15, 0.2) is 30.3 Å². The van der Waals surface area contributed by atoms with Crippen LogP contribution in [0.25, 0.3) is 10.9 Å². The van der Waals surface area contributed by atoms with Gasteiger partial charge in [0, 0.05) is 31.1 Å². The number of hydrogen-bond acceptors (Lipinski definition) is 6. The third-order valence-electron chi connectivity index (χ3n) is 4.19. The van der Waals surface area contributed by atoms with E-state index in [0.717, 1.165) is 42.3 Å². The van der Waals surface area contributed by atoms with Gasteiger partial charge in [-0.05, 0) is 30.7 Å². The molecular weight excluding hydrogens is 301 g/mol. The molecule has 2 aromatic heterocycles. The molecule has 0 bridgehead atoms. The van der Waals surface area contributed by atoms with Gasteiger partial charge in [0.05, 0.1) is 5.52 Å². The number of nitrogens with zero attached hydrogens (tertiary/aromatic N) is 4. The third kappa shape index (κ3) is 2.80. The fraction of sp³-hybridized carbons (Fsp3) is 0.312. The largest absolute Gasteiger partial charge is 0.335 e. The fourth-order valence-corrected chi connectivity index (χ4v) is 2.95. The Morgan fingerprint density at radius 3 is 2.96 bits per heavy atom. The van der Waals surface area contributed by atoms with Gasteiger partial charge in [-0.2, -0.15) is 10.1 Å². The standard InChI is InChI=1S/C16H18BN7/c1-10-9-18-6-7-24(10)16-19-12-5-3-2-4-11(12)15(21-16)20-14-8-13(17)22-23-14/h2-5,8,10,18H,6-7,9H2,1H3,(H2,19,20,21,22,23). The Labute approximate surface area is 141 Å². The molecule has 2 radical (unpaired) electrons. The van der Waals surface area contributed by atoms with Crippen LogP contribution in [0.3, 0.4) is 0 Å². The van der Waals surface area contributed by atoms with E-state index in [1.54, 1.807) is 6.07 Å². The number of hydrogen-bond donors (Lipinski definition) is 3. The van der Waals surface area contributed by atoms with Gasteiger partial charge in [0.15, 0.2) is 5.82 Å². The van der Waals surface area contributed by atoms with Gasteiger partial charge in [-0.3, -0.25) is 5.10 Å². The lowest BCUT2D eigenvalue weighted by atomic mass is 10.1. The number of aromatic amines is 1. The van der Waals surface area contributed by atoms with Crippen LogP contribution in [0, 0.1) is 0 Å². The second-order valence-corrected chi connectivity index (χ2v) is 5.97. The number of fused-ring (bicyclic) bond motifs is 1. The molecule has 1 aliphatic heterocycles. The molecule has 0 saturated carbocycles. The van der Waals surface area contributed by atoms with E-state index in [-0.39, 0.29) is 0 Å². The minimum atomic E-state index is 0.341. The number of H-pyrrole nitrogens is 1. The highest BCUT2D eigenvalue weighted by atomic mass is 15.3. The van der Waals surface area contributed by atoms with Crippen molar-refractivity contribution in [2.24, 2.45) is 0 Å². The zero-order valence-electron chi connectivity index (χ0n) is 13.5. The van der Waals surface area contributed by atoms with Gasteiger partial charge in [-0.25, -0.2) is 4.98 Å². The van der Waals surface area contributed by atoms with Crippen LogP contribution in [0.4, 0.5) is 17.6 Å². The maximum Gasteiger partial charge on any atom is 0.228 e. The van der Waals surface area contributed by atoms with Crippen LogP contribution < -0.4 is 21.1 Å². The Morgan fingerprint density at radius 2 is 2.17 bits per heavy atom. The van der Waals surface area contributed by atoms with E-state index in [2.05, 4.69) is 32.7 Å². The van der Waals surface area contributed by atoms with Crippen molar-refractivity contribution in [3.63, 3.8) is 0 Å². The molecule has 4 rings (SSSR count). The average Bonchev–Trinajstić information content (AvgIpc) is 3.00. The van der Waals surface area contributed by atoms with Crippen molar-refractivity contribution in [2.75, 3.05) is 29.9 Å². The number of piperazine rings is 1. The molecule has 120 valence electrons. The number of aromatic nitrogens is 4. The minimum absolute atomic E-state index is 0.341. The summed E-state index contributed by atoms with van der Waals surface area (Å²) in [6, 6.07) is 10.0. The Morgan fingerprint density at radius 1 is 1.29 bits per heavy atom. The molecule has 3 heterocycles. The molecule has 1 fully saturated rings. The van der Waals surface area contributed by atoms with Crippen LogP contribution in [0.1, 0.15) is 6.92 Å². The van der Waals surface area contributed by atoms with Crippen molar-refractivity contribution in [1.29, 1.82) is 0 Å². The molecular formula is C16H18BN7. The van der Waals surface area contributed by atoms with E-state index >= 15 is 0 Å². The summed E-state index contributed by atoms with van der Waals surface area (Å²) in [6.45, 7) is 4.91. The molecule has 1 aromatic carbocycles. The minimum Gasteiger partial charge on any atom is -0.335 e. The Hall–Kier alpha value is -2.61. The number of benzene rings is 1. The molecule has 1 atom stereocenters. The van der Waals surface area contributed by atoms with Crippen molar-refractivity contribution >= 4 is 41.9 Å². The van der Waals surface area contributed by atoms with Crippen molar-refractivity contribution in [3.05, 3.63) is 30.3 Å². The monoisotopic (exact) mass is 319 g/mol. The van der Waals surface area contributed by atoms with Crippen molar-refractivity contribution < 1.29 is 0 Å². The summed E-state index contributed by atoms with van der Waals surface area (Å²) in [4.78, 5) is 11.7. The first-order chi connectivity index (χ1) is 11.7. The highest BCUT2D eigenvalue weighted by Gasteiger charge is 2.22. The maximum absolute atomic E-state index is 5.70. The zero-order valence-corrected chi connectivity index (χ0v) is 13.5. The topological polar surface area (TPSA) is 81.8 Å². The Balaban J connectivity index is 1.78. The predicted molar refractivity (Wildman–Crippen MR) is 96.5 cm³/mol. The SMILES string of the molecule is [B]c1cc(Nc2nc(N3CCNCC3C)nc3ccccc23)n[nH]1. The smallest absolute Gasteiger partial charge is 0.228 e. The van der Waals surface area contributed by atoms with Gasteiger partial charge in [-0.15, -0.1) is 0 Å². The molecule has 0 amide bonds. The van der Waals surface area contributed by atoms with Gasteiger partial charge in [0.25, 0.3) is 0 Å². The molecule has 24 heavy (non-hydrogen) atoms. The highest BCUT2D eigenvalue weighted by Crippen LogP contribution is 2.26. The third-order valence-corrected chi connectivity index (χ3v) is 4.19. The van der Waals surface area contributed by atoms with E-state index in [1.165, 1.54) is 0 Å². The van der Waals surface area contributed by atoms with Gasteiger partial charge >= 0.3 is 0 Å². The van der Waals surface area contributed by atoms with Crippen LogP contribution in [-0.4, -0.2) is 53.7 Å². The molecule has 1 unspecified atom stereocenters. The predicted octanol–water partition coefficient (Wildman–Crippen LogP) is 0.688. The molecule has 7 nitrogen and oxygen atoms in total. The van der Waals surface area contributed by atoms with Crippen molar-refractivity contribution in [3.8, 4) is 0 Å². The lowest BCUT2D eigenvalue weighted by molar-refractivity contribution is 0.493. The molecule has 0 spiro atoms. The van der Waals surface area contributed by atoms with E-state index in [0.29, 0.717) is 17.5 Å². The first-order valence-corrected chi connectivity index (χ1v) is 8.03. The van der Waals surface area contributed by atoms with Gasteiger partial charge in [0.1, 0.15) is 13.7 Å². The van der Waals surface area contributed by atoms with Crippen molar-refractivity contribution in [1.82, 2.24) is 25.5 Å². The molecule has 3 aromatic rings. The summed E-state index contributed by atoms with van der Waals surface area (Å²) in [5.41, 5.74) is 1.41. The van der Waals surface area contributed by atoms with E-state index in [4.69, 9.17) is 17.8 Å². The highest BCUT2D eigenvalue weighted by molar-refractivity contribution is 6.30. The summed E-state index contributed by atoms with van der Waals surface area (Å²) in [7, 11) is 5.70. The summed E-state index contributed by atoms with van der Waals surface area (Å²) in [6.07, 6.45) is 0.